The molecule has 1 saturated heterocycles. The lowest BCUT2D eigenvalue weighted by Gasteiger charge is -2.16. The Labute approximate surface area is 65.4 Å². The first kappa shape index (κ1) is 10.1. The lowest BCUT2D eigenvalue weighted by Crippen LogP contribution is -2.28. The molecule has 62 valence electrons. The summed E-state index contributed by atoms with van der Waals surface area (Å²) >= 11 is 0. The molecule has 0 aliphatic carbocycles. The lowest BCUT2D eigenvalue weighted by molar-refractivity contribution is 0.143. The predicted octanol–water partition coefficient (Wildman–Crippen LogP) is 1.18. The second-order valence-electron chi connectivity index (χ2n) is 1.97. The molecule has 0 N–H and O–H groups in total. The van der Waals surface area contributed by atoms with Crippen LogP contribution in [0, 0.1) is 0 Å². The van der Waals surface area contributed by atoms with Gasteiger partial charge in [-0.3, -0.25) is 4.21 Å². The van der Waals surface area contributed by atoms with Gasteiger partial charge in [0, 0.05) is 16.6 Å². The van der Waals surface area contributed by atoms with Crippen molar-refractivity contribution >= 4 is 10.8 Å². The molecule has 0 radical (unpaired) electrons. The molecule has 3 heteroatoms. The van der Waals surface area contributed by atoms with Crippen molar-refractivity contribution in [2.75, 3.05) is 19.0 Å². The van der Waals surface area contributed by atoms with E-state index < -0.39 is 10.8 Å². The minimum Gasteiger partial charge on any atom is -0.379 e. The van der Waals surface area contributed by atoms with Gasteiger partial charge in [0.25, 0.3) is 0 Å². The van der Waals surface area contributed by atoms with E-state index in [4.69, 9.17) is 4.74 Å². The Morgan fingerprint density at radius 1 is 1.50 bits per heavy atom. The van der Waals surface area contributed by atoms with Crippen LogP contribution in [0.15, 0.2) is 0 Å². The van der Waals surface area contributed by atoms with Crippen molar-refractivity contribution < 1.29 is 8.95 Å². The Bertz CT molecular complexity index is 104. The Morgan fingerprint density at radius 3 is 2.40 bits per heavy atom. The molecule has 2 unspecified atom stereocenters. The van der Waals surface area contributed by atoms with Crippen LogP contribution in [0.1, 0.15) is 20.8 Å². The summed E-state index contributed by atoms with van der Waals surface area (Å²) in [5.74, 6) is 0.723. The molecular formula is C7H16O2S. The zero-order valence-corrected chi connectivity index (χ0v) is 7.74. The van der Waals surface area contributed by atoms with Crippen molar-refractivity contribution in [1.82, 2.24) is 0 Å². The van der Waals surface area contributed by atoms with E-state index in [0.29, 0.717) is 13.2 Å². The van der Waals surface area contributed by atoms with Gasteiger partial charge >= 0.3 is 0 Å². The monoisotopic (exact) mass is 164 g/mol. The number of rotatable bonds is 0. The number of hydrogen-bond donors (Lipinski definition) is 0. The van der Waals surface area contributed by atoms with Crippen molar-refractivity contribution in [3.63, 3.8) is 0 Å². The maximum atomic E-state index is 10.8. The van der Waals surface area contributed by atoms with E-state index in [1.54, 1.807) is 0 Å². The zero-order chi connectivity index (χ0) is 7.98. The summed E-state index contributed by atoms with van der Waals surface area (Å²) in [5, 5.41) is 0.253. The van der Waals surface area contributed by atoms with Crippen LogP contribution in [0.5, 0.6) is 0 Å². The van der Waals surface area contributed by atoms with Gasteiger partial charge in [0.15, 0.2) is 0 Å². The van der Waals surface area contributed by atoms with Crippen LogP contribution >= 0.6 is 0 Å². The van der Waals surface area contributed by atoms with Crippen molar-refractivity contribution in [3.8, 4) is 0 Å². The molecule has 0 bridgehead atoms. The first-order chi connectivity index (χ1) is 4.80. The van der Waals surface area contributed by atoms with Gasteiger partial charge in [-0.1, -0.05) is 13.8 Å². The van der Waals surface area contributed by atoms with Gasteiger partial charge in [-0.15, -0.1) is 0 Å². The van der Waals surface area contributed by atoms with E-state index in [2.05, 4.69) is 0 Å². The summed E-state index contributed by atoms with van der Waals surface area (Å²) in [4.78, 5) is 0. The first-order valence-corrected chi connectivity index (χ1v) is 5.14. The molecule has 0 aromatic carbocycles. The highest BCUT2D eigenvalue weighted by atomic mass is 32.2. The van der Waals surface area contributed by atoms with Gasteiger partial charge in [-0.2, -0.15) is 0 Å². The van der Waals surface area contributed by atoms with Crippen LogP contribution < -0.4 is 0 Å². The molecule has 2 atom stereocenters. The quantitative estimate of drug-likeness (QED) is 0.537. The van der Waals surface area contributed by atoms with E-state index >= 15 is 0 Å². The fraction of sp³-hybridized carbons (Fsp3) is 1.00. The Hall–Kier alpha value is 0.110. The molecule has 1 rings (SSSR count). The topological polar surface area (TPSA) is 26.3 Å². The summed E-state index contributed by atoms with van der Waals surface area (Å²) < 4.78 is 15.9. The fourth-order valence-corrected chi connectivity index (χ4v) is 1.60. The second-order valence-corrected chi connectivity index (χ2v) is 3.94. The minimum atomic E-state index is -0.610. The van der Waals surface area contributed by atoms with E-state index in [0.717, 1.165) is 5.75 Å². The average molecular weight is 164 g/mol. The molecule has 1 aliphatic heterocycles. The average Bonchev–Trinajstić information content (AvgIpc) is 2.00. The maximum absolute atomic E-state index is 10.8. The van der Waals surface area contributed by atoms with Crippen molar-refractivity contribution in [2.45, 2.75) is 26.0 Å². The highest BCUT2D eigenvalue weighted by molar-refractivity contribution is 7.85. The Morgan fingerprint density at radius 2 is 2.10 bits per heavy atom. The summed E-state index contributed by atoms with van der Waals surface area (Å²) in [6.07, 6.45) is 0. The molecule has 1 fully saturated rings. The van der Waals surface area contributed by atoms with Crippen molar-refractivity contribution in [3.05, 3.63) is 0 Å². The third-order valence-electron chi connectivity index (χ3n) is 1.23. The van der Waals surface area contributed by atoms with Gasteiger partial charge in [-0.05, 0) is 6.92 Å². The summed E-state index contributed by atoms with van der Waals surface area (Å²) in [6.45, 7) is 7.30. The van der Waals surface area contributed by atoms with E-state index in [9.17, 15) is 4.21 Å². The van der Waals surface area contributed by atoms with Crippen molar-refractivity contribution in [1.29, 1.82) is 0 Å². The molecule has 1 aliphatic rings. The standard InChI is InChI=1S/C5H10O2S.C2H6/c1-5-4-7-2-3-8(5)6;1-2/h5H,2-4H2,1H3;1-2H3. The van der Waals surface area contributed by atoms with Crippen LogP contribution in [0.2, 0.25) is 0 Å². The van der Waals surface area contributed by atoms with Gasteiger partial charge < -0.3 is 4.74 Å². The Kier molecular flexibility index (Phi) is 5.93. The molecule has 2 nitrogen and oxygen atoms in total. The van der Waals surface area contributed by atoms with E-state index in [-0.39, 0.29) is 5.25 Å². The predicted molar refractivity (Wildman–Crippen MR) is 44.6 cm³/mol. The maximum Gasteiger partial charge on any atom is 0.0607 e. The summed E-state index contributed by atoms with van der Waals surface area (Å²) in [5.41, 5.74) is 0. The van der Waals surface area contributed by atoms with Crippen LogP contribution in [0.25, 0.3) is 0 Å². The third-order valence-corrected chi connectivity index (χ3v) is 2.83. The van der Waals surface area contributed by atoms with Gasteiger partial charge in [0.2, 0.25) is 0 Å². The van der Waals surface area contributed by atoms with E-state index in [1.807, 2.05) is 20.8 Å². The zero-order valence-electron chi connectivity index (χ0n) is 6.92. The van der Waals surface area contributed by atoms with Gasteiger partial charge in [-0.25, -0.2) is 0 Å². The largest absolute Gasteiger partial charge is 0.379 e. The lowest BCUT2D eigenvalue weighted by atomic mass is 10.5. The fourth-order valence-electron chi connectivity index (χ4n) is 0.667. The molecule has 0 spiro atoms. The molecule has 0 amide bonds. The third kappa shape index (κ3) is 3.32. The molecular weight excluding hydrogens is 148 g/mol. The molecule has 0 aromatic rings. The number of hydrogen-bond acceptors (Lipinski definition) is 2. The van der Waals surface area contributed by atoms with Crippen LogP contribution in [-0.2, 0) is 15.5 Å². The normalized spacial score (nSPS) is 32.3. The van der Waals surface area contributed by atoms with Gasteiger partial charge in [0.05, 0.1) is 18.5 Å². The number of ether oxygens (including phenoxy) is 1. The van der Waals surface area contributed by atoms with E-state index in [1.165, 1.54) is 0 Å². The Balaban J connectivity index is 0.000000371. The summed E-state index contributed by atoms with van der Waals surface area (Å²) in [6, 6.07) is 0. The SMILES string of the molecule is CC.CC1COCCS1=O. The second kappa shape index (κ2) is 5.86. The summed E-state index contributed by atoms with van der Waals surface area (Å²) in [7, 11) is -0.610. The molecule has 0 aromatic heterocycles. The van der Waals surface area contributed by atoms with Crippen LogP contribution in [-0.4, -0.2) is 28.4 Å². The minimum absolute atomic E-state index is 0.253. The highest BCUT2D eigenvalue weighted by Gasteiger charge is 2.15. The first-order valence-electron chi connectivity index (χ1n) is 3.75. The van der Waals surface area contributed by atoms with Gasteiger partial charge in [0.1, 0.15) is 0 Å². The molecule has 1 heterocycles. The smallest absolute Gasteiger partial charge is 0.0607 e. The van der Waals surface area contributed by atoms with Crippen LogP contribution in [0.4, 0.5) is 0 Å². The molecule has 0 saturated carbocycles. The molecule has 10 heavy (non-hydrogen) atoms. The highest BCUT2D eigenvalue weighted by Crippen LogP contribution is 2.02. The van der Waals surface area contributed by atoms with Crippen molar-refractivity contribution in [2.24, 2.45) is 0 Å². The van der Waals surface area contributed by atoms with Crippen LogP contribution in [0.3, 0.4) is 0 Å².